The normalized spacial score (nSPS) is 15.7. The number of rotatable bonds is 4. The number of likely N-dealkylation sites (N-methyl/N-ethyl adjacent to an activating group) is 1. The molecule has 3 aromatic heterocycles. The van der Waals surface area contributed by atoms with Crippen molar-refractivity contribution in [3.05, 3.63) is 24.2 Å². The van der Waals surface area contributed by atoms with Gasteiger partial charge >= 0.3 is 0 Å². The number of anilines is 1. The van der Waals surface area contributed by atoms with Crippen molar-refractivity contribution in [1.82, 2.24) is 34.4 Å². The molecule has 1 aliphatic rings. The van der Waals surface area contributed by atoms with Gasteiger partial charge in [0.25, 0.3) is 5.78 Å². The van der Waals surface area contributed by atoms with E-state index in [0.717, 1.165) is 60.0 Å². The molecule has 0 saturated carbocycles. The second-order valence-corrected chi connectivity index (χ2v) is 7.56. The Bertz CT molecular complexity index is 916. The highest BCUT2D eigenvalue weighted by Crippen LogP contribution is 2.24. The first-order valence-electron chi connectivity index (χ1n) is 8.78. The molecule has 0 amide bonds. The maximum atomic E-state index is 4.79. The van der Waals surface area contributed by atoms with E-state index in [1.807, 2.05) is 25.4 Å². The first-order valence-corrected chi connectivity index (χ1v) is 9.76. The average Bonchev–Trinajstić information content (AvgIpc) is 3.07. The molecular formula is C17H22N8S. The highest BCUT2D eigenvalue weighted by molar-refractivity contribution is 7.99. The van der Waals surface area contributed by atoms with Gasteiger partial charge in [-0.25, -0.2) is 15.0 Å². The van der Waals surface area contributed by atoms with Gasteiger partial charge in [0.2, 0.25) is 11.1 Å². The fourth-order valence-corrected chi connectivity index (χ4v) is 3.57. The first-order chi connectivity index (χ1) is 12.7. The lowest BCUT2D eigenvalue weighted by atomic mass is 10.2. The molecule has 0 spiro atoms. The lowest BCUT2D eigenvalue weighted by Gasteiger charge is -2.32. The average molecular weight is 370 g/mol. The summed E-state index contributed by atoms with van der Waals surface area (Å²) in [5.74, 6) is 2.33. The number of nitrogens with zero attached hydrogens (tertiary/aromatic N) is 8. The van der Waals surface area contributed by atoms with Crippen molar-refractivity contribution >= 4 is 23.5 Å². The predicted octanol–water partition coefficient (Wildman–Crippen LogP) is 1.75. The molecule has 26 heavy (non-hydrogen) atoms. The molecule has 136 valence electrons. The second kappa shape index (κ2) is 7.16. The second-order valence-electron chi connectivity index (χ2n) is 6.33. The van der Waals surface area contributed by atoms with Crippen molar-refractivity contribution in [3.63, 3.8) is 0 Å². The van der Waals surface area contributed by atoms with Crippen molar-refractivity contribution < 1.29 is 0 Å². The number of hydrogen-bond acceptors (Lipinski definition) is 8. The Morgan fingerprint density at radius 1 is 1.12 bits per heavy atom. The van der Waals surface area contributed by atoms with Crippen LogP contribution in [0, 0.1) is 6.92 Å². The van der Waals surface area contributed by atoms with E-state index in [0.29, 0.717) is 5.78 Å². The number of thioether (sulfide) groups is 1. The fourth-order valence-electron chi connectivity index (χ4n) is 3.02. The van der Waals surface area contributed by atoms with E-state index in [9.17, 15) is 0 Å². The molecular weight excluding hydrogens is 348 g/mol. The summed E-state index contributed by atoms with van der Waals surface area (Å²) in [6.45, 7) is 8.04. The van der Waals surface area contributed by atoms with Crippen LogP contribution in [0.3, 0.4) is 0 Å². The maximum absolute atomic E-state index is 4.79. The van der Waals surface area contributed by atoms with Crippen LogP contribution in [0.15, 0.2) is 23.6 Å². The van der Waals surface area contributed by atoms with Gasteiger partial charge in [-0.15, -0.1) is 5.10 Å². The molecule has 0 N–H and O–H groups in total. The van der Waals surface area contributed by atoms with Crippen LogP contribution in [0.1, 0.15) is 12.6 Å². The van der Waals surface area contributed by atoms with Crippen LogP contribution in [-0.2, 0) is 0 Å². The summed E-state index contributed by atoms with van der Waals surface area (Å²) >= 11 is 1.61. The molecule has 0 bridgehead atoms. The Balaban J connectivity index is 1.69. The summed E-state index contributed by atoms with van der Waals surface area (Å²) in [6, 6.07) is 1.92. The Morgan fingerprint density at radius 3 is 2.69 bits per heavy atom. The van der Waals surface area contributed by atoms with Crippen molar-refractivity contribution in [1.29, 1.82) is 0 Å². The lowest BCUT2D eigenvalue weighted by molar-refractivity contribution is 0.311. The van der Waals surface area contributed by atoms with Crippen molar-refractivity contribution in [2.24, 2.45) is 0 Å². The van der Waals surface area contributed by atoms with Gasteiger partial charge in [-0.1, -0.05) is 18.7 Å². The smallest absolute Gasteiger partial charge is 0.253 e. The standard InChI is InChI=1S/C17H22N8S/c1-4-26-17-21-16-19-11-13(12(2)25(16)22-17)14-5-6-18-15(20-14)24-9-7-23(3)8-10-24/h5-6,11H,4,7-10H2,1-3H3. The summed E-state index contributed by atoms with van der Waals surface area (Å²) in [7, 11) is 2.14. The molecule has 0 aliphatic carbocycles. The summed E-state index contributed by atoms with van der Waals surface area (Å²) < 4.78 is 1.80. The Kier molecular flexibility index (Phi) is 4.73. The van der Waals surface area contributed by atoms with Gasteiger partial charge in [0.1, 0.15) is 0 Å². The van der Waals surface area contributed by atoms with E-state index in [1.54, 1.807) is 16.3 Å². The highest BCUT2D eigenvalue weighted by Gasteiger charge is 2.18. The maximum Gasteiger partial charge on any atom is 0.253 e. The van der Waals surface area contributed by atoms with E-state index in [4.69, 9.17) is 4.98 Å². The van der Waals surface area contributed by atoms with Crippen molar-refractivity contribution in [3.8, 4) is 11.3 Å². The molecule has 9 heteroatoms. The van der Waals surface area contributed by atoms with Crippen molar-refractivity contribution in [2.75, 3.05) is 43.9 Å². The molecule has 0 unspecified atom stereocenters. The molecule has 1 aliphatic heterocycles. The lowest BCUT2D eigenvalue weighted by Crippen LogP contribution is -2.45. The van der Waals surface area contributed by atoms with Crippen LogP contribution in [-0.4, -0.2) is 73.4 Å². The fraction of sp³-hybridized carbons (Fsp3) is 0.471. The SMILES string of the molecule is CCSc1nc2ncc(-c3ccnc(N4CCN(C)CC4)n3)c(C)n2n1. The topological polar surface area (TPSA) is 75.3 Å². The van der Waals surface area contributed by atoms with Crippen LogP contribution < -0.4 is 4.90 Å². The number of fused-ring (bicyclic) bond motifs is 1. The predicted molar refractivity (Wildman–Crippen MR) is 103 cm³/mol. The monoisotopic (exact) mass is 370 g/mol. The van der Waals surface area contributed by atoms with Crippen LogP contribution >= 0.6 is 11.8 Å². The third kappa shape index (κ3) is 3.24. The van der Waals surface area contributed by atoms with Crippen molar-refractivity contribution in [2.45, 2.75) is 19.0 Å². The molecule has 0 atom stereocenters. The van der Waals surface area contributed by atoms with Gasteiger partial charge in [-0.05, 0) is 25.8 Å². The molecule has 4 heterocycles. The van der Waals surface area contributed by atoms with E-state index in [2.05, 4.69) is 43.8 Å². The Hall–Kier alpha value is -2.26. The minimum Gasteiger partial charge on any atom is -0.338 e. The van der Waals surface area contributed by atoms with Crippen LogP contribution in [0.4, 0.5) is 5.95 Å². The van der Waals surface area contributed by atoms with Gasteiger partial charge in [0.05, 0.1) is 11.4 Å². The van der Waals surface area contributed by atoms with E-state index >= 15 is 0 Å². The number of piperazine rings is 1. The molecule has 8 nitrogen and oxygen atoms in total. The number of aromatic nitrogens is 6. The molecule has 0 aromatic carbocycles. The Labute approximate surface area is 156 Å². The van der Waals surface area contributed by atoms with Gasteiger partial charge in [0, 0.05) is 44.1 Å². The van der Waals surface area contributed by atoms with Gasteiger partial charge in [0.15, 0.2) is 0 Å². The van der Waals surface area contributed by atoms with Crippen LogP contribution in [0.2, 0.25) is 0 Å². The third-order valence-electron chi connectivity index (χ3n) is 4.57. The zero-order chi connectivity index (χ0) is 18.1. The minimum atomic E-state index is 0.621. The quantitative estimate of drug-likeness (QED) is 0.643. The number of aryl methyl sites for hydroxylation is 1. The highest BCUT2D eigenvalue weighted by atomic mass is 32.2. The molecule has 1 fully saturated rings. The molecule has 0 radical (unpaired) electrons. The largest absolute Gasteiger partial charge is 0.338 e. The van der Waals surface area contributed by atoms with Gasteiger partial charge in [-0.3, -0.25) is 0 Å². The summed E-state index contributed by atoms with van der Waals surface area (Å²) in [4.78, 5) is 22.7. The van der Waals surface area contributed by atoms with Crippen LogP contribution in [0.5, 0.6) is 0 Å². The first kappa shape index (κ1) is 17.2. The summed E-state index contributed by atoms with van der Waals surface area (Å²) in [5.41, 5.74) is 2.79. The third-order valence-corrected chi connectivity index (χ3v) is 5.29. The summed E-state index contributed by atoms with van der Waals surface area (Å²) in [6.07, 6.45) is 3.65. The number of hydrogen-bond donors (Lipinski definition) is 0. The zero-order valence-electron chi connectivity index (χ0n) is 15.3. The molecule has 3 aromatic rings. The van der Waals surface area contributed by atoms with Gasteiger partial charge in [-0.2, -0.15) is 9.50 Å². The minimum absolute atomic E-state index is 0.621. The summed E-state index contributed by atoms with van der Waals surface area (Å²) in [5, 5.41) is 5.31. The van der Waals surface area contributed by atoms with Crippen LogP contribution in [0.25, 0.3) is 17.0 Å². The van der Waals surface area contributed by atoms with E-state index < -0.39 is 0 Å². The van der Waals surface area contributed by atoms with Gasteiger partial charge < -0.3 is 9.80 Å². The van der Waals surface area contributed by atoms with E-state index in [-0.39, 0.29) is 0 Å². The van der Waals surface area contributed by atoms with E-state index in [1.165, 1.54) is 0 Å². The Morgan fingerprint density at radius 2 is 1.92 bits per heavy atom. The molecule has 4 rings (SSSR count). The molecule has 1 saturated heterocycles. The zero-order valence-corrected chi connectivity index (χ0v) is 16.1.